The van der Waals surface area contributed by atoms with E-state index in [1.165, 1.54) is 12.5 Å². The Balaban J connectivity index is -0.000000884. The first-order valence-corrected chi connectivity index (χ1v) is 22.9. The van der Waals surface area contributed by atoms with E-state index in [1.807, 2.05) is 24.3 Å². The number of allylic oxidation sites excluding steroid dienone is 12. The second-order valence-electron chi connectivity index (χ2n) is 15.4. The Morgan fingerprint density at radius 3 is 1.27 bits per heavy atom. The third-order valence-electron chi connectivity index (χ3n) is 9.17. The number of carboxylic acids is 2. The van der Waals surface area contributed by atoms with Crippen molar-refractivity contribution in [1.29, 1.82) is 0 Å². The Bertz CT molecular complexity index is 1360. The lowest BCUT2D eigenvalue weighted by molar-refractivity contribution is -0.398. The third kappa shape index (κ3) is 45.8. The van der Waals surface area contributed by atoms with Crippen LogP contribution < -0.4 is 27.0 Å². The van der Waals surface area contributed by atoms with Crippen molar-refractivity contribution in [2.75, 3.05) is 6.54 Å². The van der Waals surface area contributed by atoms with Crippen molar-refractivity contribution in [3.8, 4) is 0 Å². The number of hydrogen-bond donors (Lipinski definition) is 9. The minimum atomic E-state index is -1.24. The first-order chi connectivity index (χ1) is 30.1. The van der Waals surface area contributed by atoms with E-state index in [9.17, 15) is 55.2 Å². The van der Waals surface area contributed by atoms with Crippen molar-refractivity contribution in [2.24, 2.45) is 0 Å². The number of carbonyl (C=O) groups excluding carboxylic acids is 3. The molecule has 0 heterocycles. The maximum absolute atomic E-state index is 11.2. The van der Waals surface area contributed by atoms with Crippen molar-refractivity contribution in [3.63, 3.8) is 0 Å². The predicted octanol–water partition coefficient (Wildman–Crippen LogP) is 2.12. The molecule has 0 aliphatic rings. The van der Waals surface area contributed by atoms with Crippen LogP contribution in [0.25, 0.3) is 0 Å². The summed E-state index contributed by atoms with van der Waals surface area (Å²) >= 11 is 0. The van der Waals surface area contributed by atoms with E-state index in [-0.39, 0.29) is 31.3 Å². The summed E-state index contributed by atoms with van der Waals surface area (Å²) in [6.45, 7) is 8.71. The highest BCUT2D eigenvalue weighted by Crippen LogP contribution is 2.08. The second-order valence-corrected chi connectivity index (χ2v) is 15.4. The Labute approximate surface area is 378 Å². The lowest BCUT2D eigenvalue weighted by Gasteiger charge is -2.19. The maximum Gasteiger partial charge on any atom is 0.278 e. The first-order valence-electron chi connectivity index (χ1n) is 22.9. The van der Waals surface area contributed by atoms with E-state index in [0.717, 1.165) is 70.8 Å². The lowest BCUT2D eigenvalue weighted by Crippen LogP contribution is -2.67. The van der Waals surface area contributed by atoms with Gasteiger partial charge >= 0.3 is 0 Å². The molecule has 0 aromatic rings. The molecule has 14 nitrogen and oxygen atoms in total. The summed E-state index contributed by atoms with van der Waals surface area (Å²) in [5.41, 5.74) is 7.17. The number of nitrogens with one attached hydrogen (secondary N) is 1. The van der Waals surface area contributed by atoms with Gasteiger partial charge in [0, 0.05) is 5.97 Å². The summed E-state index contributed by atoms with van der Waals surface area (Å²) in [6.07, 6.45) is 36.8. The van der Waals surface area contributed by atoms with Gasteiger partial charge in [0.1, 0.15) is 0 Å². The van der Waals surface area contributed by atoms with Gasteiger partial charge in [-0.1, -0.05) is 169 Å². The summed E-state index contributed by atoms with van der Waals surface area (Å²) in [7, 11) is 0. The topological polar surface area (TPSA) is 286 Å². The molecule has 0 saturated carbocycles. The molecule has 1 amide bonds. The van der Waals surface area contributed by atoms with E-state index >= 15 is 0 Å². The molecule has 0 rings (SSSR count). The van der Waals surface area contributed by atoms with Gasteiger partial charge in [0.2, 0.25) is 0 Å². The highest BCUT2D eigenvalue weighted by Gasteiger charge is 2.17. The number of hydrogen-bond acceptors (Lipinski definition) is 11. The SMILES string of the molecule is CCCCC[C@@H](O)/C=C/C=C\C=C\C=C\[C@@H](O)[C@@H](O)CCCC.CCCCC[C@@H](O)/C=C/C=C\C=C\C=C\[C@@H](O)[C@@H](O)CCCC(=O)[O-].C[C@H]([NH3+])C(=O)N[C@@H](CCCC[NH3+])C(=O)[O-]. The molecule has 0 aromatic heterocycles. The second kappa shape index (κ2) is 46.0. The molecule has 0 aromatic carbocycles. The number of aliphatic hydroxyl groups is 6. The summed E-state index contributed by atoms with van der Waals surface area (Å²) in [4.78, 5) is 32.2. The van der Waals surface area contributed by atoms with Crippen LogP contribution in [0.3, 0.4) is 0 Å². The number of aliphatic carboxylic acids is 2. The van der Waals surface area contributed by atoms with Crippen LogP contribution in [0.5, 0.6) is 0 Å². The molecule has 362 valence electrons. The van der Waals surface area contributed by atoms with Crippen LogP contribution in [0, 0.1) is 0 Å². The van der Waals surface area contributed by atoms with Crippen LogP contribution >= 0.6 is 0 Å². The predicted molar refractivity (Wildman–Crippen MR) is 247 cm³/mol. The summed E-state index contributed by atoms with van der Waals surface area (Å²) in [6, 6.07) is -1.37. The van der Waals surface area contributed by atoms with Crippen LogP contribution in [0.4, 0.5) is 0 Å². The van der Waals surface area contributed by atoms with E-state index in [0.29, 0.717) is 19.3 Å². The van der Waals surface area contributed by atoms with Crippen LogP contribution in [0.1, 0.15) is 137 Å². The van der Waals surface area contributed by atoms with E-state index in [2.05, 4.69) is 37.6 Å². The van der Waals surface area contributed by atoms with Gasteiger partial charge in [-0.25, -0.2) is 0 Å². The number of carboxylic acid groups (broad SMARTS) is 2. The molecule has 63 heavy (non-hydrogen) atoms. The molecule has 0 aliphatic carbocycles. The standard InChI is InChI=1S/C20H32O5.C20H34O3.C9H19N3O3/c1-2-3-8-12-17(21)13-9-6-4-5-7-10-14-18(22)19(23)15-11-16-20(24)25;1-3-5-11-14-18(21)15-12-9-7-8-10-13-17-20(23)19(22)16-6-4-2;1-6(11)8(13)12-7(9(14)15)4-2-3-5-10/h4-7,9-10,13-14,17-19,21-23H,2-3,8,11-12,15-16H2,1H3,(H,24,25);7-10,12-13,15,17-23H,3-6,11,14,16H2,1-2H3;6-7H,2-5,10-11H2,1H3,(H,12,13)(H,14,15)/b6-4-,7-5+,13-9+,14-10+;9-7-,10-8+,15-12+,17-13+;/t17-,18-,19+;18-,19+,20-;6-,7-/m110/s1. The van der Waals surface area contributed by atoms with Crippen LogP contribution in [-0.4, -0.2) is 104 Å². The molecular weight excluding hydrogens is 807 g/mol. The average molecular weight is 892 g/mol. The Hall–Kier alpha value is -3.99. The summed E-state index contributed by atoms with van der Waals surface area (Å²) in [5, 5.41) is 81.4. The smallest absolute Gasteiger partial charge is 0.278 e. The first kappa shape index (κ1) is 63.3. The molecular formula is C49H85N3O11. The molecule has 0 unspecified atom stereocenters. The van der Waals surface area contributed by atoms with Gasteiger partial charge in [-0.2, -0.15) is 0 Å². The Kier molecular flexibility index (Phi) is 46.2. The van der Waals surface area contributed by atoms with Gasteiger partial charge in [-0.05, 0) is 64.7 Å². The van der Waals surface area contributed by atoms with Gasteiger partial charge in [0.25, 0.3) is 5.91 Å². The van der Waals surface area contributed by atoms with E-state index < -0.39 is 54.5 Å². The van der Waals surface area contributed by atoms with Crippen LogP contribution in [0.2, 0.25) is 0 Å². The quantitative estimate of drug-likeness (QED) is 0.0333. The third-order valence-corrected chi connectivity index (χ3v) is 9.17. The van der Waals surface area contributed by atoms with E-state index in [1.54, 1.807) is 73.8 Å². The minimum Gasteiger partial charge on any atom is -0.550 e. The Morgan fingerprint density at radius 2 is 0.905 bits per heavy atom. The van der Waals surface area contributed by atoms with Crippen LogP contribution in [0.15, 0.2) is 97.2 Å². The number of unbranched alkanes of at least 4 members (excludes halogenated alkanes) is 6. The number of amides is 1. The zero-order chi connectivity index (χ0) is 48.1. The zero-order valence-corrected chi connectivity index (χ0v) is 38.7. The number of aliphatic hydroxyl groups excluding tert-OH is 6. The largest absolute Gasteiger partial charge is 0.550 e. The molecule has 8 atom stereocenters. The molecule has 0 spiro atoms. The fourth-order valence-electron chi connectivity index (χ4n) is 5.21. The number of carbonyl (C=O) groups is 3. The monoisotopic (exact) mass is 892 g/mol. The lowest BCUT2D eigenvalue weighted by atomic mass is 10.1. The molecule has 14 heteroatoms. The van der Waals surface area contributed by atoms with Crippen molar-refractivity contribution >= 4 is 17.8 Å². The molecule has 0 saturated heterocycles. The maximum atomic E-state index is 11.2. The normalized spacial score (nSPS) is 16.1. The average Bonchev–Trinajstić information content (AvgIpc) is 3.24. The van der Waals surface area contributed by atoms with Gasteiger partial charge < -0.3 is 67.2 Å². The summed E-state index contributed by atoms with van der Waals surface area (Å²) < 4.78 is 0. The van der Waals surface area contributed by atoms with Crippen molar-refractivity contribution in [2.45, 2.75) is 186 Å². The Morgan fingerprint density at radius 1 is 0.524 bits per heavy atom. The van der Waals surface area contributed by atoms with Crippen LogP contribution in [-0.2, 0) is 14.4 Å². The van der Waals surface area contributed by atoms with Crippen molar-refractivity contribution < 1.29 is 66.7 Å². The number of rotatable bonds is 34. The molecule has 13 N–H and O–H groups in total. The molecule has 0 fully saturated rings. The molecule has 0 bridgehead atoms. The van der Waals surface area contributed by atoms with Gasteiger partial charge in [0.05, 0.1) is 55.2 Å². The van der Waals surface area contributed by atoms with Gasteiger partial charge in [0.15, 0.2) is 6.04 Å². The molecule has 0 radical (unpaired) electrons. The van der Waals surface area contributed by atoms with Crippen molar-refractivity contribution in [1.82, 2.24) is 5.32 Å². The fourth-order valence-corrected chi connectivity index (χ4v) is 5.21. The van der Waals surface area contributed by atoms with Gasteiger partial charge in [-0.15, -0.1) is 0 Å². The highest BCUT2D eigenvalue weighted by molar-refractivity contribution is 5.84. The highest BCUT2D eigenvalue weighted by atomic mass is 16.4. The number of quaternary nitrogens is 2. The zero-order valence-electron chi connectivity index (χ0n) is 38.7. The van der Waals surface area contributed by atoms with Crippen molar-refractivity contribution in [3.05, 3.63) is 97.2 Å². The fraction of sp³-hybridized carbons (Fsp3) is 0.612. The minimum absolute atomic E-state index is 0.126. The summed E-state index contributed by atoms with van der Waals surface area (Å²) in [5.74, 6) is -2.76. The molecule has 0 aliphatic heterocycles. The van der Waals surface area contributed by atoms with Gasteiger partial charge in [-0.3, -0.25) is 4.79 Å². The van der Waals surface area contributed by atoms with E-state index in [4.69, 9.17) is 0 Å².